The molecule has 19 heavy (non-hydrogen) atoms. The summed E-state index contributed by atoms with van der Waals surface area (Å²) in [5, 5.41) is 8.79. The smallest absolute Gasteiger partial charge is 0.371 e. The maximum atomic E-state index is 12.0. The molecule has 0 saturated carbocycles. The van der Waals surface area contributed by atoms with E-state index in [1.807, 2.05) is 0 Å². The number of furan rings is 1. The summed E-state index contributed by atoms with van der Waals surface area (Å²) >= 11 is 0. The average molecular weight is 288 g/mol. The van der Waals surface area contributed by atoms with Gasteiger partial charge in [0.05, 0.1) is 17.6 Å². The van der Waals surface area contributed by atoms with Crippen molar-refractivity contribution in [2.45, 2.75) is 31.6 Å². The number of sulfone groups is 1. The second-order valence-electron chi connectivity index (χ2n) is 4.69. The first kappa shape index (κ1) is 14.1. The van der Waals surface area contributed by atoms with E-state index in [-0.39, 0.29) is 23.4 Å². The Morgan fingerprint density at radius 2 is 2.26 bits per heavy atom. The van der Waals surface area contributed by atoms with Gasteiger partial charge < -0.3 is 14.3 Å². The van der Waals surface area contributed by atoms with Crippen LogP contribution in [0.3, 0.4) is 0 Å². The Hall–Kier alpha value is -1.34. The van der Waals surface area contributed by atoms with Gasteiger partial charge in [-0.3, -0.25) is 0 Å². The first-order valence-electron chi connectivity index (χ1n) is 6.02. The van der Waals surface area contributed by atoms with Gasteiger partial charge in [-0.05, 0) is 25.8 Å². The lowest BCUT2D eigenvalue weighted by Gasteiger charge is -2.09. The molecule has 0 aromatic carbocycles. The van der Waals surface area contributed by atoms with E-state index in [1.165, 1.54) is 6.07 Å². The van der Waals surface area contributed by atoms with E-state index >= 15 is 0 Å². The predicted octanol–water partition coefficient (Wildman–Crippen LogP) is 1.38. The Balaban J connectivity index is 2.08. The van der Waals surface area contributed by atoms with Crippen molar-refractivity contribution in [1.29, 1.82) is 0 Å². The molecule has 1 aliphatic heterocycles. The van der Waals surface area contributed by atoms with E-state index in [4.69, 9.17) is 14.3 Å². The number of carbonyl (C=O) groups is 1. The summed E-state index contributed by atoms with van der Waals surface area (Å²) in [5.74, 6) is -1.35. The maximum Gasteiger partial charge on any atom is 0.371 e. The molecule has 1 aromatic rings. The fourth-order valence-corrected chi connectivity index (χ4v) is 3.83. The van der Waals surface area contributed by atoms with Gasteiger partial charge in [0.1, 0.15) is 5.76 Å². The number of carboxylic acids is 1. The van der Waals surface area contributed by atoms with Crippen molar-refractivity contribution in [3.05, 3.63) is 23.2 Å². The van der Waals surface area contributed by atoms with E-state index < -0.39 is 15.8 Å². The van der Waals surface area contributed by atoms with Gasteiger partial charge in [0.15, 0.2) is 9.84 Å². The molecule has 1 aliphatic rings. The molecule has 0 aliphatic carbocycles. The minimum atomic E-state index is -3.33. The zero-order valence-corrected chi connectivity index (χ0v) is 11.4. The van der Waals surface area contributed by atoms with Crippen molar-refractivity contribution in [2.24, 2.45) is 0 Å². The number of ether oxygens (including phenoxy) is 1. The van der Waals surface area contributed by atoms with Gasteiger partial charge in [-0.1, -0.05) is 0 Å². The van der Waals surface area contributed by atoms with Crippen LogP contribution in [0.25, 0.3) is 0 Å². The normalized spacial score (nSPS) is 19.7. The Bertz CT molecular complexity index is 565. The molecule has 1 aromatic heterocycles. The molecule has 106 valence electrons. The predicted molar refractivity (Wildman–Crippen MR) is 66.9 cm³/mol. The molecule has 1 atom stereocenters. The summed E-state index contributed by atoms with van der Waals surface area (Å²) in [7, 11) is -3.33. The third-order valence-electron chi connectivity index (χ3n) is 3.07. The van der Waals surface area contributed by atoms with Gasteiger partial charge in [0.2, 0.25) is 5.76 Å². The third-order valence-corrected chi connectivity index (χ3v) is 4.70. The highest BCUT2D eigenvalue weighted by atomic mass is 32.2. The van der Waals surface area contributed by atoms with Crippen LogP contribution in [-0.2, 0) is 20.3 Å². The highest BCUT2D eigenvalue weighted by Gasteiger charge is 2.25. The number of carboxylic acid groups (broad SMARTS) is 1. The van der Waals surface area contributed by atoms with Crippen molar-refractivity contribution in [2.75, 3.05) is 12.4 Å². The molecule has 1 saturated heterocycles. The molecule has 2 heterocycles. The molecule has 7 heteroatoms. The van der Waals surface area contributed by atoms with Gasteiger partial charge in [-0.15, -0.1) is 0 Å². The van der Waals surface area contributed by atoms with E-state index in [0.29, 0.717) is 17.9 Å². The van der Waals surface area contributed by atoms with Crippen LogP contribution in [0.15, 0.2) is 10.5 Å². The highest BCUT2D eigenvalue weighted by molar-refractivity contribution is 7.90. The summed E-state index contributed by atoms with van der Waals surface area (Å²) in [4.78, 5) is 10.7. The second-order valence-corrected chi connectivity index (χ2v) is 6.80. The SMILES string of the molecule is Cc1oc(C(=O)O)cc1CS(=O)(=O)CC1CCCO1. The molecule has 0 radical (unpaired) electrons. The van der Waals surface area contributed by atoms with Gasteiger partial charge in [-0.25, -0.2) is 13.2 Å². The molecule has 1 N–H and O–H groups in total. The quantitative estimate of drug-likeness (QED) is 0.879. The molecule has 2 rings (SSSR count). The van der Waals surface area contributed by atoms with Crippen molar-refractivity contribution in [1.82, 2.24) is 0 Å². The van der Waals surface area contributed by atoms with Crippen molar-refractivity contribution >= 4 is 15.8 Å². The highest BCUT2D eigenvalue weighted by Crippen LogP contribution is 2.20. The standard InChI is InChI=1S/C12H16O6S/c1-8-9(5-11(18-8)12(13)14)6-19(15,16)7-10-3-2-4-17-10/h5,10H,2-4,6-7H2,1H3,(H,13,14). The summed E-state index contributed by atoms with van der Waals surface area (Å²) in [5.41, 5.74) is 0.399. The lowest BCUT2D eigenvalue weighted by atomic mass is 10.3. The summed E-state index contributed by atoms with van der Waals surface area (Å²) in [6.45, 7) is 2.16. The van der Waals surface area contributed by atoms with Crippen LogP contribution in [0.5, 0.6) is 0 Å². The number of aryl methyl sites for hydroxylation is 1. The van der Waals surface area contributed by atoms with Crippen molar-refractivity contribution in [3.63, 3.8) is 0 Å². The summed E-state index contributed by atoms with van der Waals surface area (Å²) in [6, 6.07) is 1.27. The van der Waals surface area contributed by atoms with Crippen LogP contribution in [0.1, 0.15) is 34.7 Å². The maximum absolute atomic E-state index is 12.0. The van der Waals surface area contributed by atoms with Gasteiger partial charge >= 0.3 is 5.97 Å². The van der Waals surface area contributed by atoms with E-state index in [1.54, 1.807) is 6.92 Å². The van der Waals surface area contributed by atoms with Crippen LogP contribution >= 0.6 is 0 Å². The number of rotatable bonds is 5. The van der Waals surface area contributed by atoms with Gasteiger partial charge in [0, 0.05) is 12.2 Å². The monoisotopic (exact) mass is 288 g/mol. The first-order chi connectivity index (χ1) is 8.87. The van der Waals surface area contributed by atoms with Crippen LogP contribution in [0.2, 0.25) is 0 Å². The Labute approximate surface area is 111 Å². The topological polar surface area (TPSA) is 93.8 Å². The molecule has 6 nitrogen and oxygen atoms in total. The molecule has 0 bridgehead atoms. The van der Waals surface area contributed by atoms with E-state index in [0.717, 1.165) is 12.8 Å². The number of hydrogen-bond acceptors (Lipinski definition) is 5. The Morgan fingerprint density at radius 1 is 1.53 bits per heavy atom. The lowest BCUT2D eigenvalue weighted by Crippen LogP contribution is -2.21. The van der Waals surface area contributed by atoms with E-state index in [9.17, 15) is 13.2 Å². The number of aromatic carboxylic acids is 1. The van der Waals surface area contributed by atoms with Crippen molar-refractivity contribution < 1.29 is 27.5 Å². The lowest BCUT2D eigenvalue weighted by molar-refractivity contribution is 0.0661. The second kappa shape index (κ2) is 5.34. The van der Waals surface area contributed by atoms with E-state index in [2.05, 4.69) is 0 Å². The van der Waals surface area contributed by atoms with Crippen LogP contribution in [0, 0.1) is 6.92 Å². The average Bonchev–Trinajstić information content (AvgIpc) is 2.88. The molecule has 1 unspecified atom stereocenters. The fraction of sp³-hybridized carbons (Fsp3) is 0.583. The molecule has 0 spiro atoms. The van der Waals surface area contributed by atoms with Gasteiger partial charge in [-0.2, -0.15) is 0 Å². The largest absolute Gasteiger partial charge is 0.475 e. The first-order valence-corrected chi connectivity index (χ1v) is 7.84. The molecule has 1 fully saturated rings. The van der Waals surface area contributed by atoms with Gasteiger partial charge in [0.25, 0.3) is 0 Å². The molecular formula is C12H16O6S. The van der Waals surface area contributed by atoms with Crippen LogP contribution in [0.4, 0.5) is 0 Å². The Kier molecular flexibility index (Phi) is 3.96. The van der Waals surface area contributed by atoms with Crippen LogP contribution < -0.4 is 0 Å². The molecule has 0 amide bonds. The van der Waals surface area contributed by atoms with Crippen LogP contribution in [-0.4, -0.2) is 38.0 Å². The number of hydrogen-bond donors (Lipinski definition) is 1. The minimum absolute atomic E-state index is 0.0278. The summed E-state index contributed by atoms with van der Waals surface area (Å²) < 4.78 is 34.3. The third kappa shape index (κ3) is 3.57. The minimum Gasteiger partial charge on any atom is -0.475 e. The summed E-state index contributed by atoms with van der Waals surface area (Å²) in [6.07, 6.45) is 1.40. The zero-order chi connectivity index (χ0) is 14.0. The molecular weight excluding hydrogens is 272 g/mol. The van der Waals surface area contributed by atoms with Crippen molar-refractivity contribution in [3.8, 4) is 0 Å². The Morgan fingerprint density at radius 3 is 2.79 bits per heavy atom. The zero-order valence-electron chi connectivity index (χ0n) is 10.6. The fourth-order valence-electron chi connectivity index (χ4n) is 2.12.